The van der Waals surface area contributed by atoms with Gasteiger partial charge in [-0.05, 0) is 0 Å². The Hall–Kier alpha value is -0.930. The lowest BCUT2D eigenvalue weighted by Crippen LogP contribution is -2.39. The lowest BCUT2D eigenvalue weighted by molar-refractivity contribution is 0.284. The molecule has 0 atom stereocenters. The van der Waals surface area contributed by atoms with Crippen molar-refractivity contribution in [2.45, 2.75) is 0 Å². The molecule has 1 rings (SSSR count). The minimum absolute atomic E-state index is 0.601. The normalized spacial score (nSPS) is 18.4. The second kappa shape index (κ2) is 2.57. The van der Waals surface area contributed by atoms with Crippen LogP contribution in [0.2, 0.25) is 0 Å². The Bertz CT molecular complexity index is 123. The van der Waals surface area contributed by atoms with Gasteiger partial charge in [0.15, 0.2) is 0 Å². The van der Waals surface area contributed by atoms with Crippen molar-refractivity contribution in [2.24, 2.45) is 5.10 Å². The Balaban J connectivity index is 2.49. The molecule has 4 nitrogen and oxygen atoms in total. The van der Waals surface area contributed by atoms with E-state index in [9.17, 15) is 0 Å². The maximum absolute atomic E-state index is 4.86. The van der Waals surface area contributed by atoms with Crippen LogP contribution in [0.4, 0.5) is 0 Å². The highest BCUT2D eigenvalue weighted by Gasteiger charge is 2.05. The summed E-state index contributed by atoms with van der Waals surface area (Å²) in [5.74, 6) is 0. The molecule has 52 valence electrons. The Morgan fingerprint density at radius 2 is 2.56 bits per heavy atom. The first-order chi connectivity index (χ1) is 4.33. The summed E-state index contributed by atoms with van der Waals surface area (Å²) in [5.41, 5.74) is 0. The van der Waals surface area contributed by atoms with Gasteiger partial charge in [0.1, 0.15) is 0 Å². The van der Waals surface area contributed by atoms with Crippen LogP contribution >= 0.6 is 0 Å². The summed E-state index contributed by atoms with van der Waals surface area (Å²) in [6.45, 7) is 1.84. The van der Waals surface area contributed by atoms with E-state index in [2.05, 4.69) is 10.4 Å². The van der Waals surface area contributed by atoms with Crippen LogP contribution in [-0.4, -0.2) is 38.3 Å². The van der Waals surface area contributed by atoms with Gasteiger partial charge in [-0.25, -0.2) is 0 Å². The molecule has 9 heavy (non-hydrogen) atoms. The third-order valence-electron chi connectivity index (χ3n) is 1.17. The first-order valence-electron chi connectivity index (χ1n) is 2.90. The highest BCUT2D eigenvalue weighted by molar-refractivity contribution is 5.73. The van der Waals surface area contributed by atoms with E-state index in [4.69, 9.17) is 4.74 Å². The average molecular weight is 129 g/mol. The second-order valence-corrected chi connectivity index (χ2v) is 1.92. The molecule has 0 saturated carbocycles. The number of likely N-dealkylation sites (N-methyl/N-ethyl adjacent to an activating group) is 1. The van der Waals surface area contributed by atoms with Crippen LogP contribution in [0.15, 0.2) is 5.10 Å². The molecule has 4 heteroatoms. The van der Waals surface area contributed by atoms with Gasteiger partial charge < -0.3 is 10.1 Å². The van der Waals surface area contributed by atoms with Gasteiger partial charge in [0.05, 0.1) is 13.7 Å². The van der Waals surface area contributed by atoms with E-state index in [-0.39, 0.29) is 0 Å². The number of hydrogen-bond acceptors (Lipinski definition) is 4. The number of hydrogen-bond donors (Lipinski definition) is 1. The zero-order chi connectivity index (χ0) is 6.69. The highest BCUT2D eigenvalue weighted by atomic mass is 16.5. The number of nitrogens with one attached hydrogen (secondary N) is 1. The smallest absolute Gasteiger partial charge is 0.306 e. The van der Waals surface area contributed by atoms with E-state index in [1.807, 2.05) is 12.1 Å². The molecular weight excluding hydrogens is 118 g/mol. The minimum Gasteiger partial charge on any atom is -0.467 e. The molecule has 0 spiro atoms. The standard InChI is InChI=1S/C5H11N3O/c1-8-4-3-6-5(7-8)9-2/h3-4H2,1-2H3,(H,6,7). The number of amidine groups is 1. The van der Waals surface area contributed by atoms with Gasteiger partial charge in [0.25, 0.3) is 0 Å². The Morgan fingerprint density at radius 3 is 3.00 bits per heavy atom. The van der Waals surface area contributed by atoms with Crippen molar-refractivity contribution in [1.29, 1.82) is 0 Å². The summed E-state index contributed by atoms with van der Waals surface area (Å²) in [5, 5.41) is 8.85. The fraction of sp³-hybridized carbons (Fsp3) is 0.800. The summed E-state index contributed by atoms with van der Waals surface area (Å²) in [6.07, 6.45) is 0. The predicted octanol–water partition coefficient (Wildman–Crippen LogP) is -0.561. The van der Waals surface area contributed by atoms with Crippen LogP contribution in [0, 0.1) is 0 Å². The SMILES string of the molecule is COC1=NN(C)CCN1. The van der Waals surface area contributed by atoms with Crippen molar-refractivity contribution in [2.75, 3.05) is 27.2 Å². The van der Waals surface area contributed by atoms with Crippen molar-refractivity contribution < 1.29 is 4.74 Å². The fourth-order valence-electron chi connectivity index (χ4n) is 0.678. The van der Waals surface area contributed by atoms with E-state index in [0.717, 1.165) is 13.1 Å². The van der Waals surface area contributed by atoms with Gasteiger partial charge in [0.2, 0.25) is 0 Å². The zero-order valence-electron chi connectivity index (χ0n) is 5.72. The maximum atomic E-state index is 4.86. The van der Waals surface area contributed by atoms with E-state index in [0.29, 0.717) is 6.02 Å². The number of ether oxygens (including phenoxy) is 1. The molecule has 0 saturated heterocycles. The van der Waals surface area contributed by atoms with E-state index >= 15 is 0 Å². The van der Waals surface area contributed by atoms with Crippen molar-refractivity contribution in [3.63, 3.8) is 0 Å². The molecule has 0 aromatic heterocycles. The van der Waals surface area contributed by atoms with Crippen molar-refractivity contribution in [3.8, 4) is 0 Å². The zero-order valence-corrected chi connectivity index (χ0v) is 5.72. The largest absolute Gasteiger partial charge is 0.467 e. The summed E-state index contributed by atoms with van der Waals surface area (Å²) in [6, 6.07) is 0.601. The summed E-state index contributed by atoms with van der Waals surface area (Å²) < 4.78 is 4.86. The Labute approximate surface area is 54.5 Å². The lowest BCUT2D eigenvalue weighted by atomic mass is 10.6. The van der Waals surface area contributed by atoms with Crippen LogP contribution in [0.3, 0.4) is 0 Å². The molecular formula is C5H11N3O. The Morgan fingerprint density at radius 1 is 1.78 bits per heavy atom. The van der Waals surface area contributed by atoms with Gasteiger partial charge in [-0.15, -0.1) is 5.10 Å². The molecule has 1 aliphatic heterocycles. The summed E-state index contributed by atoms with van der Waals surface area (Å²) in [4.78, 5) is 0. The van der Waals surface area contributed by atoms with Gasteiger partial charge in [-0.2, -0.15) is 0 Å². The molecule has 0 radical (unpaired) electrons. The molecule has 1 N–H and O–H groups in total. The second-order valence-electron chi connectivity index (χ2n) is 1.92. The van der Waals surface area contributed by atoms with Crippen LogP contribution in [-0.2, 0) is 4.74 Å². The topological polar surface area (TPSA) is 36.9 Å². The Kier molecular flexibility index (Phi) is 1.77. The maximum Gasteiger partial charge on any atom is 0.306 e. The van der Waals surface area contributed by atoms with Gasteiger partial charge in [-0.3, -0.25) is 5.01 Å². The van der Waals surface area contributed by atoms with E-state index < -0.39 is 0 Å². The average Bonchev–Trinajstić information content (AvgIpc) is 1.88. The third-order valence-corrected chi connectivity index (χ3v) is 1.17. The molecule has 0 unspecified atom stereocenters. The molecule has 0 aromatic carbocycles. The van der Waals surface area contributed by atoms with Crippen LogP contribution < -0.4 is 5.32 Å². The van der Waals surface area contributed by atoms with Crippen LogP contribution in [0.5, 0.6) is 0 Å². The molecule has 0 amide bonds. The first-order valence-corrected chi connectivity index (χ1v) is 2.90. The van der Waals surface area contributed by atoms with Crippen LogP contribution in [0.25, 0.3) is 0 Å². The molecule has 1 heterocycles. The monoisotopic (exact) mass is 129 g/mol. The van der Waals surface area contributed by atoms with Crippen molar-refractivity contribution >= 4 is 6.02 Å². The lowest BCUT2D eigenvalue weighted by Gasteiger charge is -2.20. The number of methoxy groups -OCH3 is 1. The minimum atomic E-state index is 0.601. The third kappa shape index (κ3) is 1.48. The highest BCUT2D eigenvalue weighted by Crippen LogP contribution is 1.89. The van der Waals surface area contributed by atoms with E-state index in [1.165, 1.54) is 0 Å². The van der Waals surface area contributed by atoms with Gasteiger partial charge >= 0.3 is 6.02 Å². The van der Waals surface area contributed by atoms with Crippen LogP contribution in [0.1, 0.15) is 0 Å². The molecule has 0 fully saturated rings. The predicted molar refractivity (Wildman–Crippen MR) is 35.1 cm³/mol. The van der Waals surface area contributed by atoms with Gasteiger partial charge in [-0.1, -0.05) is 0 Å². The van der Waals surface area contributed by atoms with E-state index in [1.54, 1.807) is 7.11 Å². The summed E-state index contributed by atoms with van der Waals surface area (Å²) in [7, 11) is 3.52. The molecule has 0 bridgehead atoms. The fourth-order valence-corrected chi connectivity index (χ4v) is 0.678. The van der Waals surface area contributed by atoms with Crippen molar-refractivity contribution in [1.82, 2.24) is 10.3 Å². The molecule has 1 aliphatic rings. The van der Waals surface area contributed by atoms with Crippen molar-refractivity contribution in [3.05, 3.63) is 0 Å². The molecule has 0 aromatic rings. The number of nitrogens with zero attached hydrogens (tertiary/aromatic N) is 2. The van der Waals surface area contributed by atoms with Gasteiger partial charge in [0, 0.05) is 13.6 Å². The summed E-state index contributed by atoms with van der Waals surface area (Å²) >= 11 is 0. The number of hydrazone groups is 1. The molecule has 0 aliphatic carbocycles. The first kappa shape index (κ1) is 6.19. The quantitative estimate of drug-likeness (QED) is 0.476. The number of rotatable bonds is 0.